The first-order valence-electron chi connectivity index (χ1n) is 3.69. The molecule has 1 rings (SSSR count). The first kappa shape index (κ1) is 7.32. The van der Waals surface area contributed by atoms with Crippen LogP contribution in [0.1, 0.15) is 25.7 Å². The summed E-state index contributed by atoms with van der Waals surface area (Å²) < 4.78 is 0. The summed E-state index contributed by atoms with van der Waals surface area (Å²) in [5.74, 6) is -0.238. The fourth-order valence-corrected chi connectivity index (χ4v) is 1.42. The van der Waals surface area contributed by atoms with E-state index in [0.29, 0.717) is 0 Å². The molecule has 1 aliphatic rings. The van der Waals surface area contributed by atoms with Gasteiger partial charge in [-0.25, -0.2) is 0 Å². The lowest BCUT2D eigenvalue weighted by Gasteiger charge is -2.20. The van der Waals surface area contributed by atoms with Gasteiger partial charge in [0.2, 0.25) is 5.91 Å². The minimum absolute atomic E-state index is 0.0336. The van der Waals surface area contributed by atoms with Gasteiger partial charge in [0.15, 0.2) is 0 Å². The summed E-state index contributed by atoms with van der Waals surface area (Å²) in [6, 6.07) is 0. The highest BCUT2D eigenvalue weighted by atomic mass is 16.1. The van der Waals surface area contributed by atoms with Crippen molar-refractivity contribution in [2.75, 3.05) is 0 Å². The normalized spacial score (nSPS) is 26.4. The van der Waals surface area contributed by atoms with Gasteiger partial charge in [0, 0.05) is 0 Å². The van der Waals surface area contributed by atoms with Crippen LogP contribution in [0.15, 0.2) is 12.2 Å². The van der Waals surface area contributed by atoms with Gasteiger partial charge in [0.25, 0.3) is 0 Å². The summed E-state index contributed by atoms with van der Waals surface area (Å²) in [6.45, 7) is 3.82. The molecule has 10 heavy (non-hydrogen) atoms. The molecule has 1 atom stereocenters. The number of carbonyl (C=O) groups excluding carboxylic acids is 1. The van der Waals surface area contributed by atoms with Gasteiger partial charge in [0.1, 0.15) is 0 Å². The number of hydrogen-bond acceptors (Lipinski definition) is 1. The van der Waals surface area contributed by atoms with E-state index < -0.39 is 0 Å². The maximum absolute atomic E-state index is 10.7. The molecule has 1 unspecified atom stereocenters. The maximum Gasteiger partial charge on any atom is 0.224 e. The first-order chi connectivity index (χ1) is 4.72. The van der Waals surface area contributed by atoms with Gasteiger partial charge < -0.3 is 5.73 Å². The van der Waals surface area contributed by atoms with Crippen molar-refractivity contribution in [1.29, 1.82) is 0 Å². The lowest BCUT2D eigenvalue weighted by molar-refractivity contribution is -0.121. The summed E-state index contributed by atoms with van der Waals surface area (Å²) >= 11 is 0. The summed E-state index contributed by atoms with van der Waals surface area (Å²) in [5, 5.41) is 0. The highest BCUT2D eigenvalue weighted by Crippen LogP contribution is 2.27. The summed E-state index contributed by atoms with van der Waals surface area (Å²) in [5.41, 5.74) is 6.18. The van der Waals surface area contributed by atoms with Gasteiger partial charge in [-0.2, -0.15) is 0 Å². The molecule has 0 aliphatic heterocycles. The lowest BCUT2D eigenvalue weighted by atomic mass is 9.85. The number of nitrogens with two attached hydrogens (primary N) is 1. The first-order valence-corrected chi connectivity index (χ1v) is 3.69. The zero-order valence-corrected chi connectivity index (χ0v) is 6.10. The minimum atomic E-state index is -0.204. The monoisotopic (exact) mass is 139 g/mol. The largest absolute Gasteiger partial charge is 0.369 e. The van der Waals surface area contributed by atoms with Crippen LogP contribution in [0.3, 0.4) is 0 Å². The average Bonchev–Trinajstić information content (AvgIpc) is 1.88. The fraction of sp³-hybridized carbons (Fsp3) is 0.625. The molecule has 0 aromatic heterocycles. The predicted molar refractivity (Wildman–Crippen MR) is 40.3 cm³/mol. The smallest absolute Gasteiger partial charge is 0.224 e. The third-order valence-electron chi connectivity index (χ3n) is 2.08. The Hall–Kier alpha value is -0.790. The van der Waals surface area contributed by atoms with Crippen LogP contribution in [-0.2, 0) is 4.79 Å². The minimum Gasteiger partial charge on any atom is -0.369 e. The van der Waals surface area contributed by atoms with Crippen LogP contribution in [-0.4, -0.2) is 5.91 Å². The molecule has 1 amide bonds. The van der Waals surface area contributed by atoms with Gasteiger partial charge in [-0.05, 0) is 19.3 Å². The van der Waals surface area contributed by atoms with Crippen LogP contribution < -0.4 is 5.73 Å². The van der Waals surface area contributed by atoms with E-state index in [1.54, 1.807) is 0 Å². The van der Waals surface area contributed by atoms with E-state index in [0.717, 1.165) is 24.8 Å². The van der Waals surface area contributed by atoms with Crippen LogP contribution in [0.2, 0.25) is 0 Å². The molecular formula is C8H13NO. The molecule has 0 spiro atoms. The van der Waals surface area contributed by atoms with E-state index in [4.69, 9.17) is 5.73 Å². The zero-order chi connectivity index (χ0) is 7.56. The van der Waals surface area contributed by atoms with Crippen LogP contribution in [0.25, 0.3) is 0 Å². The van der Waals surface area contributed by atoms with E-state index in [1.807, 2.05) is 0 Å². The third-order valence-corrected chi connectivity index (χ3v) is 2.08. The highest BCUT2D eigenvalue weighted by molar-refractivity contribution is 5.79. The molecule has 1 saturated carbocycles. The van der Waals surface area contributed by atoms with Crippen LogP contribution >= 0.6 is 0 Å². The standard InChI is InChI=1S/C8H13NO/c1-6-4-2-3-5-7(6)8(9)10/h7H,1-5H2,(H2,9,10). The second kappa shape index (κ2) is 2.86. The summed E-state index contributed by atoms with van der Waals surface area (Å²) in [4.78, 5) is 10.7. The van der Waals surface area contributed by atoms with Crippen molar-refractivity contribution in [2.24, 2.45) is 11.7 Å². The predicted octanol–water partition coefficient (Wildman–Crippen LogP) is 1.22. The van der Waals surface area contributed by atoms with E-state index in [9.17, 15) is 4.79 Å². The molecule has 0 aromatic rings. The zero-order valence-electron chi connectivity index (χ0n) is 6.10. The van der Waals surface area contributed by atoms with Crippen LogP contribution in [0, 0.1) is 5.92 Å². The van der Waals surface area contributed by atoms with Gasteiger partial charge >= 0.3 is 0 Å². The van der Waals surface area contributed by atoms with Crippen molar-refractivity contribution in [3.05, 3.63) is 12.2 Å². The van der Waals surface area contributed by atoms with Crippen molar-refractivity contribution < 1.29 is 4.79 Å². The summed E-state index contributed by atoms with van der Waals surface area (Å²) in [6.07, 6.45) is 4.18. The molecule has 56 valence electrons. The van der Waals surface area contributed by atoms with Gasteiger partial charge in [-0.3, -0.25) is 4.79 Å². The van der Waals surface area contributed by atoms with Crippen LogP contribution in [0.5, 0.6) is 0 Å². The molecule has 2 heteroatoms. The number of hydrogen-bond donors (Lipinski definition) is 1. The third kappa shape index (κ3) is 1.38. The topological polar surface area (TPSA) is 43.1 Å². The van der Waals surface area contributed by atoms with Gasteiger partial charge in [0.05, 0.1) is 5.92 Å². The molecule has 2 nitrogen and oxygen atoms in total. The number of amides is 1. The summed E-state index contributed by atoms with van der Waals surface area (Å²) in [7, 11) is 0. The molecular weight excluding hydrogens is 126 g/mol. The number of carbonyl (C=O) groups is 1. The molecule has 0 bridgehead atoms. The maximum atomic E-state index is 10.7. The Labute approximate surface area is 61.1 Å². The highest BCUT2D eigenvalue weighted by Gasteiger charge is 2.21. The second-order valence-electron chi connectivity index (χ2n) is 2.86. The molecule has 0 aromatic carbocycles. The Kier molecular flexibility index (Phi) is 2.10. The van der Waals surface area contributed by atoms with Crippen molar-refractivity contribution in [3.63, 3.8) is 0 Å². The molecule has 0 saturated heterocycles. The van der Waals surface area contributed by atoms with Crippen molar-refractivity contribution >= 4 is 5.91 Å². The molecule has 0 radical (unpaired) electrons. The van der Waals surface area contributed by atoms with Crippen molar-refractivity contribution in [1.82, 2.24) is 0 Å². The molecule has 2 N–H and O–H groups in total. The van der Waals surface area contributed by atoms with E-state index in [-0.39, 0.29) is 11.8 Å². The Morgan fingerprint density at radius 2 is 2.30 bits per heavy atom. The van der Waals surface area contributed by atoms with Crippen molar-refractivity contribution in [3.8, 4) is 0 Å². The SMILES string of the molecule is C=C1CCCCC1C(N)=O. The van der Waals surface area contributed by atoms with Crippen molar-refractivity contribution in [2.45, 2.75) is 25.7 Å². The fourth-order valence-electron chi connectivity index (χ4n) is 1.42. The molecule has 1 aliphatic carbocycles. The molecule has 0 heterocycles. The Bertz CT molecular complexity index is 163. The quantitative estimate of drug-likeness (QED) is 0.545. The number of primary amides is 1. The van der Waals surface area contributed by atoms with Crippen LogP contribution in [0.4, 0.5) is 0 Å². The van der Waals surface area contributed by atoms with E-state index in [1.165, 1.54) is 6.42 Å². The Balaban J connectivity index is 2.56. The number of rotatable bonds is 1. The van der Waals surface area contributed by atoms with E-state index in [2.05, 4.69) is 6.58 Å². The van der Waals surface area contributed by atoms with Gasteiger partial charge in [-0.15, -0.1) is 0 Å². The average molecular weight is 139 g/mol. The lowest BCUT2D eigenvalue weighted by Crippen LogP contribution is -2.26. The second-order valence-corrected chi connectivity index (χ2v) is 2.86. The Morgan fingerprint density at radius 3 is 2.70 bits per heavy atom. The molecule has 1 fully saturated rings. The Morgan fingerprint density at radius 1 is 1.60 bits per heavy atom. The van der Waals surface area contributed by atoms with Gasteiger partial charge in [-0.1, -0.05) is 18.6 Å². The van der Waals surface area contributed by atoms with E-state index >= 15 is 0 Å².